The molecule has 1 unspecified atom stereocenters. The topological polar surface area (TPSA) is 69.6 Å². The van der Waals surface area contributed by atoms with E-state index in [4.69, 9.17) is 0 Å². The van der Waals surface area contributed by atoms with Gasteiger partial charge in [0.2, 0.25) is 11.8 Å². The van der Waals surface area contributed by atoms with E-state index < -0.39 is 6.04 Å². The summed E-state index contributed by atoms with van der Waals surface area (Å²) in [5, 5.41) is 11.9. The molecule has 5 heteroatoms. The second-order valence-electron chi connectivity index (χ2n) is 5.55. The molecule has 20 heavy (non-hydrogen) atoms. The third-order valence-corrected chi connectivity index (χ3v) is 3.40. The van der Waals surface area contributed by atoms with Gasteiger partial charge in [-0.15, -0.1) is 0 Å². The minimum absolute atomic E-state index is 0.0610. The van der Waals surface area contributed by atoms with Gasteiger partial charge in [-0.3, -0.25) is 9.59 Å². The molecule has 2 amide bonds. The molecular weight excluding hydrogens is 256 g/mol. The fourth-order valence-corrected chi connectivity index (χ4v) is 2.37. The molecule has 1 aromatic carbocycles. The molecule has 0 bridgehead atoms. The number of rotatable bonds is 4. The molecule has 1 aliphatic heterocycles. The van der Waals surface area contributed by atoms with E-state index in [1.54, 1.807) is 29.2 Å². The molecule has 1 aromatic rings. The van der Waals surface area contributed by atoms with Crippen LogP contribution >= 0.6 is 0 Å². The van der Waals surface area contributed by atoms with E-state index in [1.165, 1.54) is 0 Å². The molecule has 0 saturated carbocycles. The van der Waals surface area contributed by atoms with Crippen LogP contribution in [0.1, 0.15) is 25.8 Å². The predicted molar refractivity (Wildman–Crippen MR) is 74.9 cm³/mol. The maximum atomic E-state index is 12.1. The first-order chi connectivity index (χ1) is 9.47. The summed E-state index contributed by atoms with van der Waals surface area (Å²) in [4.78, 5) is 25.7. The highest BCUT2D eigenvalue weighted by Gasteiger charge is 2.34. The van der Waals surface area contributed by atoms with Gasteiger partial charge in [0.25, 0.3) is 0 Å². The molecule has 0 radical (unpaired) electrons. The van der Waals surface area contributed by atoms with Gasteiger partial charge in [-0.25, -0.2) is 0 Å². The van der Waals surface area contributed by atoms with Crippen molar-refractivity contribution in [3.63, 3.8) is 0 Å². The van der Waals surface area contributed by atoms with Crippen LogP contribution in [0.2, 0.25) is 0 Å². The number of piperazine rings is 1. The molecule has 0 aliphatic carbocycles. The summed E-state index contributed by atoms with van der Waals surface area (Å²) in [7, 11) is 0. The van der Waals surface area contributed by atoms with E-state index in [2.05, 4.69) is 5.32 Å². The van der Waals surface area contributed by atoms with Gasteiger partial charge in [0.05, 0.1) is 6.54 Å². The number of aromatic hydroxyl groups is 1. The lowest BCUT2D eigenvalue weighted by Gasteiger charge is -2.36. The third kappa shape index (κ3) is 3.29. The van der Waals surface area contributed by atoms with Crippen LogP contribution in [-0.4, -0.2) is 34.4 Å². The Morgan fingerprint density at radius 3 is 2.55 bits per heavy atom. The molecule has 2 rings (SSSR count). The van der Waals surface area contributed by atoms with Crippen molar-refractivity contribution in [1.82, 2.24) is 10.2 Å². The average Bonchev–Trinajstić information content (AvgIpc) is 2.40. The van der Waals surface area contributed by atoms with Crippen molar-refractivity contribution in [1.29, 1.82) is 0 Å². The molecule has 5 nitrogen and oxygen atoms in total. The van der Waals surface area contributed by atoms with Crippen LogP contribution in [0.4, 0.5) is 0 Å². The summed E-state index contributed by atoms with van der Waals surface area (Å²) >= 11 is 0. The normalized spacial score (nSPS) is 19.4. The lowest BCUT2D eigenvalue weighted by Crippen LogP contribution is -2.58. The summed E-state index contributed by atoms with van der Waals surface area (Å²) in [6, 6.07) is 6.29. The molecule has 1 saturated heterocycles. The van der Waals surface area contributed by atoms with Crippen LogP contribution in [0.3, 0.4) is 0 Å². The Hall–Kier alpha value is -2.04. The lowest BCUT2D eigenvalue weighted by atomic mass is 9.99. The van der Waals surface area contributed by atoms with Gasteiger partial charge in [-0.1, -0.05) is 26.0 Å². The lowest BCUT2D eigenvalue weighted by molar-refractivity contribution is -0.146. The largest absolute Gasteiger partial charge is 0.508 e. The summed E-state index contributed by atoms with van der Waals surface area (Å²) in [5.74, 6) is 0.370. The van der Waals surface area contributed by atoms with E-state index in [0.29, 0.717) is 18.9 Å². The number of phenols is 1. The number of nitrogens with one attached hydrogen (secondary N) is 1. The Morgan fingerprint density at radius 1 is 1.30 bits per heavy atom. The van der Waals surface area contributed by atoms with Crippen LogP contribution < -0.4 is 5.32 Å². The number of nitrogens with zero attached hydrogens (tertiary/aromatic N) is 1. The Balaban J connectivity index is 2.17. The molecule has 0 aromatic heterocycles. The standard InChI is InChI=1S/C15H20N2O3/c1-10(2)7-13-15(20)16-8-14(19)17(13)9-11-3-5-12(18)6-4-11/h3-6,10,13,18H,7-9H2,1-2H3,(H,16,20). The Kier molecular flexibility index (Phi) is 4.27. The number of benzene rings is 1. The number of phenolic OH excluding ortho intramolecular Hbond substituents is 1. The first-order valence-corrected chi connectivity index (χ1v) is 6.82. The molecule has 108 valence electrons. The van der Waals surface area contributed by atoms with Gasteiger partial charge in [-0.2, -0.15) is 0 Å². The Bertz CT molecular complexity index is 496. The second kappa shape index (κ2) is 5.94. The number of hydrogen-bond acceptors (Lipinski definition) is 3. The zero-order chi connectivity index (χ0) is 14.7. The van der Waals surface area contributed by atoms with Crippen LogP contribution in [0, 0.1) is 5.92 Å². The van der Waals surface area contributed by atoms with Crippen molar-refractivity contribution in [3.05, 3.63) is 29.8 Å². The van der Waals surface area contributed by atoms with Crippen molar-refractivity contribution in [2.24, 2.45) is 5.92 Å². The Labute approximate surface area is 118 Å². The Morgan fingerprint density at radius 2 is 1.95 bits per heavy atom. The zero-order valence-corrected chi connectivity index (χ0v) is 11.8. The van der Waals surface area contributed by atoms with Crippen LogP contribution in [0.15, 0.2) is 24.3 Å². The second-order valence-corrected chi connectivity index (χ2v) is 5.55. The van der Waals surface area contributed by atoms with Crippen molar-refractivity contribution in [2.45, 2.75) is 32.9 Å². The zero-order valence-electron chi connectivity index (χ0n) is 11.8. The smallest absolute Gasteiger partial charge is 0.243 e. The SMILES string of the molecule is CC(C)CC1C(=O)NCC(=O)N1Cc1ccc(O)cc1. The van der Waals surface area contributed by atoms with Gasteiger partial charge in [0.15, 0.2) is 0 Å². The monoisotopic (exact) mass is 276 g/mol. The van der Waals surface area contributed by atoms with Crippen LogP contribution in [0.5, 0.6) is 5.75 Å². The number of amides is 2. The van der Waals surface area contributed by atoms with E-state index in [1.807, 2.05) is 13.8 Å². The van der Waals surface area contributed by atoms with Crippen molar-refractivity contribution < 1.29 is 14.7 Å². The van der Waals surface area contributed by atoms with Crippen molar-refractivity contribution in [3.8, 4) is 5.75 Å². The van der Waals surface area contributed by atoms with Gasteiger partial charge in [0.1, 0.15) is 11.8 Å². The number of hydrogen-bond donors (Lipinski definition) is 2. The minimum atomic E-state index is -0.412. The van der Waals surface area contributed by atoms with Gasteiger partial charge in [-0.05, 0) is 30.0 Å². The maximum absolute atomic E-state index is 12.1. The molecule has 1 aliphatic rings. The molecule has 0 spiro atoms. The van der Waals surface area contributed by atoms with Gasteiger partial charge < -0.3 is 15.3 Å². The number of carbonyl (C=O) groups is 2. The number of carbonyl (C=O) groups excluding carboxylic acids is 2. The first-order valence-electron chi connectivity index (χ1n) is 6.82. The maximum Gasteiger partial charge on any atom is 0.243 e. The molecule has 1 fully saturated rings. The highest BCUT2D eigenvalue weighted by atomic mass is 16.3. The predicted octanol–water partition coefficient (Wildman–Crippen LogP) is 1.27. The van der Waals surface area contributed by atoms with Crippen molar-refractivity contribution in [2.75, 3.05) is 6.54 Å². The minimum Gasteiger partial charge on any atom is -0.508 e. The van der Waals surface area contributed by atoms with E-state index in [0.717, 1.165) is 5.56 Å². The summed E-state index contributed by atoms with van der Waals surface area (Å²) in [6.45, 7) is 4.52. The van der Waals surface area contributed by atoms with Crippen molar-refractivity contribution >= 4 is 11.8 Å². The van der Waals surface area contributed by atoms with Crippen LogP contribution in [0.25, 0.3) is 0 Å². The molecule has 2 N–H and O–H groups in total. The average molecular weight is 276 g/mol. The van der Waals surface area contributed by atoms with Crippen LogP contribution in [-0.2, 0) is 16.1 Å². The van der Waals surface area contributed by atoms with Gasteiger partial charge in [0, 0.05) is 6.54 Å². The third-order valence-electron chi connectivity index (χ3n) is 3.40. The highest BCUT2D eigenvalue weighted by molar-refractivity contribution is 5.94. The summed E-state index contributed by atoms with van der Waals surface area (Å²) in [5.41, 5.74) is 0.902. The first kappa shape index (κ1) is 14.4. The summed E-state index contributed by atoms with van der Waals surface area (Å²) < 4.78 is 0. The fourth-order valence-electron chi connectivity index (χ4n) is 2.37. The fraction of sp³-hybridized carbons (Fsp3) is 0.467. The van der Waals surface area contributed by atoms with Gasteiger partial charge >= 0.3 is 0 Å². The molecular formula is C15H20N2O3. The summed E-state index contributed by atoms with van der Waals surface area (Å²) in [6.07, 6.45) is 0.648. The van der Waals surface area contributed by atoms with E-state index >= 15 is 0 Å². The molecule has 1 heterocycles. The van der Waals surface area contributed by atoms with E-state index in [-0.39, 0.29) is 24.1 Å². The highest BCUT2D eigenvalue weighted by Crippen LogP contribution is 2.19. The quantitative estimate of drug-likeness (QED) is 0.870. The molecule has 1 atom stereocenters. The van der Waals surface area contributed by atoms with E-state index in [9.17, 15) is 14.7 Å².